The summed E-state index contributed by atoms with van der Waals surface area (Å²) in [6.45, 7) is 4.12. The Labute approximate surface area is 138 Å². The van der Waals surface area contributed by atoms with E-state index < -0.39 is 17.8 Å². The average molecular weight is 341 g/mol. The maximum atomic E-state index is 13.9. The van der Waals surface area contributed by atoms with Crippen LogP contribution in [0.1, 0.15) is 30.8 Å². The fraction of sp³-hybridized carbons (Fsp3) is 0.400. The van der Waals surface area contributed by atoms with Gasteiger partial charge in [0.2, 0.25) is 0 Å². The Hall–Kier alpha value is -1.99. The fourth-order valence-corrected chi connectivity index (χ4v) is 2.08. The van der Waals surface area contributed by atoms with Crippen LogP contribution in [0.3, 0.4) is 0 Å². The number of rotatable bonds is 6. The van der Waals surface area contributed by atoms with Crippen LogP contribution in [0, 0.1) is 11.7 Å². The van der Waals surface area contributed by atoms with E-state index in [0.29, 0.717) is 13.0 Å². The second-order valence-corrected chi connectivity index (χ2v) is 5.88. The van der Waals surface area contributed by atoms with Gasteiger partial charge in [-0.2, -0.15) is 0 Å². The van der Waals surface area contributed by atoms with Crippen LogP contribution in [-0.2, 0) is 0 Å². The van der Waals surface area contributed by atoms with Gasteiger partial charge in [-0.3, -0.25) is 4.79 Å². The molecular formula is C15H18ClFN4O2. The summed E-state index contributed by atoms with van der Waals surface area (Å²) in [5, 5.41) is 19.8. The van der Waals surface area contributed by atoms with E-state index in [1.54, 1.807) is 6.07 Å². The third kappa shape index (κ3) is 4.27. The first-order valence-electron chi connectivity index (χ1n) is 7.23. The van der Waals surface area contributed by atoms with Crippen molar-refractivity contribution in [2.75, 3.05) is 6.54 Å². The number of benzene rings is 1. The minimum Gasteiger partial charge on any atom is -0.393 e. The number of hydrogen-bond acceptors (Lipinski definition) is 4. The number of carbonyl (C=O) groups is 1. The SMILES string of the molecule is CC(C)C(O)CCNC(=O)c1cn(-c2cccc(Cl)c2F)nn1. The third-order valence-corrected chi connectivity index (χ3v) is 3.69. The van der Waals surface area contributed by atoms with Gasteiger partial charge in [0.25, 0.3) is 5.91 Å². The minimum absolute atomic E-state index is 0.0355. The molecule has 8 heteroatoms. The van der Waals surface area contributed by atoms with Crippen LogP contribution < -0.4 is 5.32 Å². The van der Waals surface area contributed by atoms with Gasteiger partial charge in [-0.05, 0) is 24.5 Å². The molecule has 2 aromatic rings. The van der Waals surface area contributed by atoms with Gasteiger partial charge in [0.15, 0.2) is 11.5 Å². The molecule has 2 rings (SSSR count). The van der Waals surface area contributed by atoms with Gasteiger partial charge >= 0.3 is 0 Å². The summed E-state index contributed by atoms with van der Waals surface area (Å²) >= 11 is 5.72. The number of nitrogens with one attached hydrogen (secondary N) is 1. The van der Waals surface area contributed by atoms with Crippen molar-refractivity contribution in [2.45, 2.75) is 26.4 Å². The van der Waals surface area contributed by atoms with E-state index in [9.17, 15) is 14.3 Å². The van der Waals surface area contributed by atoms with Gasteiger partial charge in [-0.15, -0.1) is 5.10 Å². The largest absolute Gasteiger partial charge is 0.393 e. The zero-order valence-electron chi connectivity index (χ0n) is 12.8. The fourth-order valence-electron chi connectivity index (χ4n) is 1.91. The standard InChI is InChI=1S/C15H18ClFN4O2/c1-9(2)13(22)6-7-18-15(23)11-8-21(20-19-11)12-5-3-4-10(16)14(12)17/h3-5,8-9,13,22H,6-7H2,1-2H3,(H,18,23). The van der Waals surface area contributed by atoms with Crippen LogP contribution in [-0.4, -0.2) is 38.7 Å². The zero-order valence-corrected chi connectivity index (χ0v) is 13.6. The number of aliphatic hydroxyl groups is 1. The van der Waals surface area contributed by atoms with E-state index in [0.717, 1.165) is 4.68 Å². The number of hydrogen-bond donors (Lipinski definition) is 2. The smallest absolute Gasteiger partial charge is 0.273 e. The number of aromatic nitrogens is 3. The average Bonchev–Trinajstić information content (AvgIpc) is 2.99. The first-order chi connectivity index (χ1) is 10.9. The molecule has 1 atom stereocenters. The van der Waals surface area contributed by atoms with Gasteiger partial charge in [0, 0.05) is 6.54 Å². The summed E-state index contributed by atoms with van der Waals surface area (Å²) in [5.41, 5.74) is 0.169. The Morgan fingerprint density at radius 1 is 1.48 bits per heavy atom. The van der Waals surface area contributed by atoms with Crippen molar-refractivity contribution in [3.63, 3.8) is 0 Å². The quantitative estimate of drug-likeness (QED) is 0.844. The lowest BCUT2D eigenvalue weighted by Crippen LogP contribution is -2.29. The highest BCUT2D eigenvalue weighted by atomic mass is 35.5. The van der Waals surface area contributed by atoms with E-state index in [1.807, 2.05) is 13.8 Å². The van der Waals surface area contributed by atoms with Crippen molar-refractivity contribution in [3.8, 4) is 5.69 Å². The Morgan fingerprint density at radius 3 is 2.91 bits per heavy atom. The van der Waals surface area contributed by atoms with Crippen molar-refractivity contribution in [1.82, 2.24) is 20.3 Å². The zero-order chi connectivity index (χ0) is 17.0. The lowest BCUT2D eigenvalue weighted by molar-refractivity contribution is 0.0915. The molecule has 124 valence electrons. The van der Waals surface area contributed by atoms with E-state index in [4.69, 9.17) is 11.6 Å². The highest BCUT2D eigenvalue weighted by Crippen LogP contribution is 2.20. The third-order valence-electron chi connectivity index (χ3n) is 3.40. The number of amides is 1. The van der Waals surface area contributed by atoms with Crippen LogP contribution in [0.25, 0.3) is 5.69 Å². The number of carbonyl (C=O) groups excluding carboxylic acids is 1. The summed E-state index contributed by atoms with van der Waals surface area (Å²) < 4.78 is 15.1. The van der Waals surface area contributed by atoms with Crippen LogP contribution in [0.5, 0.6) is 0 Å². The Morgan fingerprint density at radius 2 is 2.22 bits per heavy atom. The molecule has 0 saturated heterocycles. The van der Waals surface area contributed by atoms with Gasteiger partial charge in [0.1, 0.15) is 5.69 Å². The van der Waals surface area contributed by atoms with Gasteiger partial charge < -0.3 is 10.4 Å². The molecular weight excluding hydrogens is 323 g/mol. The molecule has 6 nitrogen and oxygen atoms in total. The van der Waals surface area contributed by atoms with Crippen molar-refractivity contribution in [2.24, 2.45) is 5.92 Å². The summed E-state index contributed by atoms with van der Waals surface area (Å²) in [5.74, 6) is -0.945. The van der Waals surface area contributed by atoms with Gasteiger partial charge in [-0.25, -0.2) is 9.07 Å². The normalized spacial score (nSPS) is 12.4. The van der Waals surface area contributed by atoms with Crippen molar-refractivity contribution >= 4 is 17.5 Å². The molecule has 1 unspecified atom stereocenters. The summed E-state index contributed by atoms with van der Waals surface area (Å²) in [7, 11) is 0. The molecule has 0 spiro atoms. The maximum Gasteiger partial charge on any atom is 0.273 e. The molecule has 23 heavy (non-hydrogen) atoms. The molecule has 0 saturated carbocycles. The van der Waals surface area contributed by atoms with Crippen LogP contribution in [0.2, 0.25) is 5.02 Å². The first kappa shape index (κ1) is 17.4. The number of nitrogens with zero attached hydrogens (tertiary/aromatic N) is 3. The number of aliphatic hydroxyl groups excluding tert-OH is 1. The van der Waals surface area contributed by atoms with Crippen LogP contribution in [0.4, 0.5) is 4.39 Å². The molecule has 0 aliphatic carbocycles. The minimum atomic E-state index is -0.633. The van der Waals surface area contributed by atoms with E-state index in [-0.39, 0.29) is 22.3 Å². The molecule has 1 heterocycles. The van der Waals surface area contributed by atoms with Crippen molar-refractivity contribution < 1.29 is 14.3 Å². The molecule has 0 aliphatic heterocycles. The molecule has 0 fully saturated rings. The molecule has 1 aromatic carbocycles. The van der Waals surface area contributed by atoms with Crippen LogP contribution in [0.15, 0.2) is 24.4 Å². The number of halogens is 2. The highest BCUT2D eigenvalue weighted by Gasteiger charge is 2.15. The molecule has 0 radical (unpaired) electrons. The monoisotopic (exact) mass is 340 g/mol. The van der Waals surface area contributed by atoms with Crippen molar-refractivity contribution in [3.05, 3.63) is 40.9 Å². The van der Waals surface area contributed by atoms with Crippen molar-refractivity contribution in [1.29, 1.82) is 0 Å². The van der Waals surface area contributed by atoms with Gasteiger partial charge in [-0.1, -0.05) is 36.7 Å². The Balaban J connectivity index is 2.01. The summed E-state index contributed by atoms with van der Waals surface area (Å²) in [4.78, 5) is 12.0. The molecule has 0 bridgehead atoms. The predicted octanol–water partition coefficient (Wildman–Crippen LogP) is 2.20. The maximum absolute atomic E-state index is 13.9. The van der Waals surface area contributed by atoms with E-state index >= 15 is 0 Å². The molecule has 0 aliphatic rings. The highest BCUT2D eigenvalue weighted by molar-refractivity contribution is 6.30. The molecule has 2 N–H and O–H groups in total. The summed E-state index contributed by atoms with van der Waals surface area (Å²) in [6, 6.07) is 4.48. The Kier molecular flexibility index (Phi) is 5.68. The summed E-state index contributed by atoms with van der Waals surface area (Å²) in [6.07, 6.45) is 1.29. The lowest BCUT2D eigenvalue weighted by Gasteiger charge is -2.13. The predicted molar refractivity (Wildman–Crippen MR) is 84.1 cm³/mol. The van der Waals surface area contributed by atoms with Gasteiger partial charge in [0.05, 0.1) is 17.3 Å². The second kappa shape index (κ2) is 7.52. The van der Waals surface area contributed by atoms with E-state index in [2.05, 4.69) is 15.6 Å². The van der Waals surface area contributed by atoms with Crippen LogP contribution >= 0.6 is 11.6 Å². The molecule has 1 aromatic heterocycles. The first-order valence-corrected chi connectivity index (χ1v) is 7.61. The second-order valence-electron chi connectivity index (χ2n) is 5.48. The topological polar surface area (TPSA) is 80.0 Å². The Bertz CT molecular complexity index is 690. The lowest BCUT2D eigenvalue weighted by atomic mass is 10.0. The molecule has 1 amide bonds. The van der Waals surface area contributed by atoms with E-state index in [1.165, 1.54) is 18.3 Å².